The van der Waals surface area contributed by atoms with Crippen molar-refractivity contribution in [1.82, 2.24) is 14.9 Å². The Labute approximate surface area is 106 Å². The van der Waals surface area contributed by atoms with Crippen LogP contribution in [0.5, 0.6) is 0 Å². The molecule has 0 amide bonds. The fraction of sp³-hybridized carbons (Fsp3) is 0.583. The van der Waals surface area contributed by atoms with Gasteiger partial charge in [0, 0.05) is 26.2 Å². The number of rotatable bonds is 3. The molecule has 1 fully saturated rings. The highest BCUT2D eigenvalue weighted by molar-refractivity contribution is 5.69. The topological polar surface area (TPSA) is 69.6 Å². The molecule has 6 heteroatoms. The summed E-state index contributed by atoms with van der Waals surface area (Å²) in [5.41, 5.74) is 1.89. The van der Waals surface area contributed by atoms with Crippen molar-refractivity contribution in [2.45, 2.75) is 13.8 Å². The smallest absolute Gasteiger partial charge is 0.317 e. The highest BCUT2D eigenvalue weighted by Gasteiger charge is 2.19. The quantitative estimate of drug-likeness (QED) is 0.832. The third-order valence-electron chi connectivity index (χ3n) is 3.23. The minimum atomic E-state index is -0.769. The van der Waals surface area contributed by atoms with Crippen molar-refractivity contribution in [1.29, 1.82) is 0 Å². The second-order valence-corrected chi connectivity index (χ2v) is 4.56. The van der Waals surface area contributed by atoms with E-state index in [0.29, 0.717) is 0 Å². The molecular weight excluding hydrogens is 232 g/mol. The SMILES string of the molecule is Cc1ncc(N2CCN(CC(=O)O)CC2)nc1C. The van der Waals surface area contributed by atoms with Crippen LogP contribution in [0.1, 0.15) is 11.4 Å². The Morgan fingerprint density at radius 2 is 1.94 bits per heavy atom. The van der Waals surface area contributed by atoms with Crippen LogP contribution in [-0.2, 0) is 4.79 Å². The van der Waals surface area contributed by atoms with Gasteiger partial charge in [0.25, 0.3) is 0 Å². The summed E-state index contributed by atoms with van der Waals surface area (Å²) in [6, 6.07) is 0. The lowest BCUT2D eigenvalue weighted by Crippen LogP contribution is -2.48. The monoisotopic (exact) mass is 250 g/mol. The predicted octanol–water partition coefficient (Wildman–Crippen LogP) is 0.300. The standard InChI is InChI=1S/C12H18N4O2/c1-9-10(2)14-11(7-13-9)16-5-3-15(4-6-16)8-12(17)18/h7H,3-6,8H2,1-2H3,(H,17,18). The second-order valence-electron chi connectivity index (χ2n) is 4.56. The highest BCUT2D eigenvalue weighted by Crippen LogP contribution is 2.14. The van der Waals surface area contributed by atoms with Gasteiger partial charge in [-0.1, -0.05) is 0 Å². The number of aliphatic carboxylic acids is 1. The lowest BCUT2D eigenvalue weighted by molar-refractivity contribution is -0.138. The predicted molar refractivity (Wildman–Crippen MR) is 67.8 cm³/mol. The van der Waals surface area contributed by atoms with E-state index in [1.165, 1.54) is 0 Å². The molecule has 0 spiro atoms. The Kier molecular flexibility index (Phi) is 3.76. The van der Waals surface area contributed by atoms with Crippen LogP contribution in [0.2, 0.25) is 0 Å². The van der Waals surface area contributed by atoms with E-state index in [0.717, 1.165) is 43.4 Å². The molecule has 0 aliphatic carbocycles. The zero-order valence-electron chi connectivity index (χ0n) is 10.8. The molecule has 1 saturated heterocycles. The van der Waals surface area contributed by atoms with Gasteiger partial charge in [0.15, 0.2) is 0 Å². The molecule has 6 nitrogen and oxygen atoms in total. The van der Waals surface area contributed by atoms with Gasteiger partial charge < -0.3 is 10.0 Å². The van der Waals surface area contributed by atoms with Gasteiger partial charge in [0.1, 0.15) is 5.82 Å². The summed E-state index contributed by atoms with van der Waals surface area (Å²) in [6.07, 6.45) is 1.79. The second kappa shape index (κ2) is 5.30. The van der Waals surface area contributed by atoms with Crippen molar-refractivity contribution in [3.05, 3.63) is 17.6 Å². The van der Waals surface area contributed by atoms with Gasteiger partial charge in [-0.3, -0.25) is 14.7 Å². The molecule has 1 aromatic heterocycles. The summed E-state index contributed by atoms with van der Waals surface area (Å²) >= 11 is 0. The third kappa shape index (κ3) is 2.95. The van der Waals surface area contributed by atoms with Crippen LogP contribution in [0, 0.1) is 13.8 Å². The minimum Gasteiger partial charge on any atom is -0.480 e. The van der Waals surface area contributed by atoms with Crippen LogP contribution in [-0.4, -0.2) is 58.7 Å². The van der Waals surface area contributed by atoms with Crippen LogP contribution in [0.3, 0.4) is 0 Å². The minimum absolute atomic E-state index is 0.118. The number of piperazine rings is 1. The van der Waals surface area contributed by atoms with Crippen molar-refractivity contribution in [2.75, 3.05) is 37.6 Å². The summed E-state index contributed by atoms with van der Waals surface area (Å²) in [7, 11) is 0. The lowest BCUT2D eigenvalue weighted by Gasteiger charge is -2.34. The first-order valence-electron chi connectivity index (χ1n) is 6.05. The lowest BCUT2D eigenvalue weighted by atomic mass is 10.3. The first kappa shape index (κ1) is 12.8. The number of carboxylic acids is 1. The summed E-state index contributed by atoms with van der Waals surface area (Å²) in [5.74, 6) is 0.113. The molecule has 2 rings (SSSR count). The van der Waals surface area contributed by atoms with Crippen LogP contribution in [0.25, 0.3) is 0 Å². The van der Waals surface area contributed by atoms with E-state index in [1.54, 1.807) is 6.20 Å². The number of nitrogens with zero attached hydrogens (tertiary/aromatic N) is 4. The Morgan fingerprint density at radius 1 is 1.28 bits per heavy atom. The Morgan fingerprint density at radius 3 is 2.50 bits per heavy atom. The van der Waals surface area contributed by atoms with E-state index >= 15 is 0 Å². The van der Waals surface area contributed by atoms with Crippen LogP contribution < -0.4 is 4.90 Å². The Balaban J connectivity index is 1.96. The highest BCUT2D eigenvalue weighted by atomic mass is 16.4. The number of hydrogen-bond donors (Lipinski definition) is 1. The molecular formula is C12H18N4O2. The third-order valence-corrected chi connectivity index (χ3v) is 3.23. The average molecular weight is 250 g/mol. The Hall–Kier alpha value is -1.69. The van der Waals surface area contributed by atoms with E-state index in [2.05, 4.69) is 14.9 Å². The van der Waals surface area contributed by atoms with Gasteiger partial charge >= 0.3 is 5.97 Å². The van der Waals surface area contributed by atoms with Crippen LogP contribution in [0.4, 0.5) is 5.82 Å². The van der Waals surface area contributed by atoms with Crippen molar-refractivity contribution in [3.8, 4) is 0 Å². The molecule has 1 N–H and O–H groups in total. The average Bonchev–Trinajstić information content (AvgIpc) is 2.33. The number of carboxylic acid groups (broad SMARTS) is 1. The molecule has 0 bridgehead atoms. The zero-order chi connectivity index (χ0) is 13.1. The van der Waals surface area contributed by atoms with Gasteiger partial charge in [-0.05, 0) is 13.8 Å². The summed E-state index contributed by atoms with van der Waals surface area (Å²) in [4.78, 5) is 23.5. The van der Waals surface area contributed by atoms with Crippen LogP contribution in [0.15, 0.2) is 6.20 Å². The van der Waals surface area contributed by atoms with E-state index in [1.807, 2.05) is 18.7 Å². The van der Waals surface area contributed by atoms with Crippen molar-refractivity contribution in [2.24, 2.45) is 0 Å². The number of hydrogen-bond acceptors (Lipinski definition) is 5. The number of carbonyl (C=O) groups is 1. The molecule has 0 unspecified atom stereocenters. The summed E-state index contributed by atoms with van der Waals surface area (Å²) in [5, 5.41) is 8.74. The number of aromatic nitrogens is 2. The molecule has 98 valence electrons. The van der Waals surface area contributed by atoms with Gasteiger partial charge in [-0.15, -0.1) is 0 Å². The molecule has 0 atom stereocenters. The van der Waals surface area contributed by atoms with Crippen molar-refractivity contribution >= 4 is 11.8 Å². The number of anilines is 1. The van der Waals surface area contributed by atoms with Gasteiger partial charge in [-0.25, -0.2) is 4.98 Å². The normalized spacial score (nSPS) is 16.9. The van der Waals surface area contributed by atoms with Crippen LogP contribution >= 0.6 is 0 Å². The molecule has 1 aliphatic rings. The maximum absolute atomic E-state index is 10.6. The van der Waals surface area contributed by atoms with E-state index in [9.17, 15) is 4.79 Å². The molecule has 2 heterocycles. The Bertz CT molecular complexity index is 442. The van der Waals surface area contributed by atoms with E-state index in [4.69, 9.17) is 5.11 Å². The van der Waals surface area contributed by atoms with Crippen molar-refractivity contribution in [3.63, 3.8) is 0 Å². The van der Waals surface area contributed by atoms with E-state index in [-0.39, 0.29) is 6.54 Å². The summed E-state index contributed by atoms with van der Waals surface area (Å²) < 4.78 is 0. The molecule has 18 heavy (non-hydrogen) atoms. The molecule has 0 aromatic carbocycles. The van der Waals surface area contributed by atoms with Crippen molar-refractivity contribution < 1.29 is 9.90 Å². The van der Waals surface area contributed by atoms with Gasteiger partial charge in [0.05, 0.1) is 24.1 Å². The molecule has 0 radical (unpaired) electrons. The van der Waals surface area contributed by atoms with E-state index < -0.39 is 5.97 Å². The maximum atomic E-state index is 10.6. The first-order chi connectivity index (χ1) is 8.56. The first-order valence-corrected chi connectivity index (χ1v) is 6.05. The zero-order valence-corrected chi connectivity index (χ0v) is 10.8. The largest absolute Gasteiger partial charge is 0.480 e. The maximum Gasteiger partial charge on any atom is 0.317 e. The molecule has 1 aromatic rings. The fourth-order valence-corrected chi connectivity index (χ4v) is 2.01. The number of aryl methyl sites for hydroxylation is 2. The van der Waals surface area contributed by atoms with Gasteiger partial charge in [0.2, 0.25) is 0 Å². The summed E-state index contributed by atoms with van der Waals surface area (Å²) in [6.45, 7) is 7.10. The molecule has 0 saturated carbocycles. The molecule has 1 aliphatic heterocycles. The fourth-order valence-electron chi connectivity index (χ4n) is 2.01. The van der Waals surface area contributed by atoms with Gasteiger partial charge in [-0.2, -0.15) is 0 Å².